The quantitative estimate of drug-likeness (QED) is 0.159. The van der Waals surface area contributed by atoms with Crippen LogP contribution in [0.2, 0.25) is 5.02 Å². The summed E-state index contributed by atoms with van der Waals surface area (Å²) < 4.78 is 72.8. The largest absolute Gasteiger partial charge is 0.495 e. The van der Waals surface area contributed by atoms with Gasteiger partial charge in [0.25, 0.3) is 21.8 Å². The number of methoxy groups -OCH3 is 1. The van der Waals surface area contributed by atoms with Crippen LogP contribution in [-0.2, 0) is 24.8 Å². The van der Waals surface area contributed by atoms with Crippen molar-refractivity contribution in [1.29, 1.82) is 0 Å². The van der Waals surface area contributed by atoms with Gasteiger partial charge in [0.1, 0.15) is 16.4 Å². The number of nitrogens with zero attached hydrogens (tertiary/aromatic N) is 3. The van der Waals surface area contributed by atoms with Gasteiger partial charge in [-0.15, -0.1) is 0 Å². The maximum atomic E-state index is 14.3. The van der Waals surface area contributed by atoms with Crippen molar-refractivity contribution >= 4 is 60.7 Å². The number of ether oxygens (including phenoxy) is 3. The molecule has 2 amide bonds. The van der Waals surface area contributed by atoms with E-state index in [2.05, 4.69) is 15.3 Å². The number of fused-ring (bicyclic) bond motifs is 1. The van der Waals surface area contributed by atoms with E-state index in [0.717, 1.165) is 21.6 Å². The van der Waals surface area contributed by atoms with Gasteiger partial charge in [0, 0.05) is 36.3 Å². The molecule has 1 aliphatic heterocycles. The number of aromatic nitrogens is 1. The average Bonchev–Trinajstić information content (AvgIpc) is 3.12. The summed E-state index contributed by atoms with van der Waals surface area (Å²) in [5.41, 5.74) is 2.82. The summed E-state index contributed by atoms with van der Waals surface area (Å²) in [4.78, 5) is 35.5. The van der Waals surface area contributed by atoms with Crippen molar-refractivity contribution in [3.8, 4) is 17.4 Å². The maximum absolute atomic E-state index is 14.3. The summed E-state index contributed by atoms with van der Waals surface area (Å²) in [5, 5.41) is 3.14. The molecule has 14 nitrogen and oxygen atoms in total. The van der Waals surface area contributed by atoms with E-state index in [4.69, 9.17) is 25.8 Å². The van der Waals surface area contributed by atoms with Gasteiger partial charge in [-0.3, -0.25) is 9.59 Å². The Morgan fingerprint density at radius 1 is 0.981 bits per heavy atom. The Labute approximate surface area is 313 Å². The van der Waals surface area contributed by atoms with E-state index in [9.17, 15) is 26.4 Å². The third-order valence-electron chi connectivity index (χ3n) is 8.09. The molecule has 2 heterocycles. The van der Waals surface area contributed by atoms with Crippen LogP contribution in [-0.4, -0.2) is 75.9 Å². The second kappa shape index (κ2) is 16.2. The predicted molar refractivity (Wildman–Crippen MR) is 200 cm³/mol. The zero-order valence-electron chi connectivity index (χ0n) is 29.5. The standard InChI is InChI=1S/C36H38ClN5O9S2/c1-6-52(45,46)41-35(43)25-13-15-32(38-21-25)51-33(36(44)40-28-19-23(3)26(37)20-30(28)49-5)34-39-27-10-7-8-11-31(27)53(47,48)42(34)16-9-17-50-29-14-12-22(2)18-24(29)4/h7-8,10-15,18-21,33H,6,9,16-17H2,1-5H3,(H,40,44)(H,41,43). The Morgan fingerprint density at radius 2 is 1.74 bits per heavy atom. The van der Waals surface area contributed by atoms with Gasteiger partial charge >= 0.3 is 0 Å². The Kier molecular flexibility index (Phi) is 11.9. The fraction of sp³-hybridized carbons (Fsp3) is 0.278. The molecule has 0 saturated carbocycles. The lowest BCUT2D eigenvalue weighted by Gasteiger charge is -2.33. The molecule has 53 heavy (non-hydrogen) atoms. The minimum Gasteiger partial charge on any atom is -0.495 e. The monoisotopic (exact) mass is 783 g/mol. The number of amides is 2. The van der Waals surface area contributed by atoms with Gasteiger partial charge in [0.15, 0.2) is 5.84 Å². The number of para-hydroxylation sites is 1. The lowest BCUT2D eigenvalue weighted by atomic mass is 10.1. The van der Waals surface area contributed by atoms with Crippen molar-refractivity contribution in [1.82, 2.24) is 14.0 Å². The highest BCUT2D eigenvalue weighted by molar-refractivity contribution is 7.90. The van der Waals surface area contributed by atoms with Crippen LogP contribution in [0.4, 0.5) is 11.4 Å². The van der Waals surface area contributed by atoms with Crippen LogP contribution in [0.5, 0.6) is 17.4 Å². The van der Waals surface area contributed by atoms with E-state index in [1.807, 2.05) is 36.8 Å². The molecule has 2 N–H and O–H groups in total. The van der Waals surface area contributed by atoms with Gasteiger partial charge in [-0.2, -0.15) is 0 Å². The maximum Gasteiger partial charge on any atom is 0.273 e. The number of carbonyl (C=O) groups is 2. The molecule has 0 fully saturated rings. The van der Waals surface area contributed by atoms with Crippen LogP contribution in [0.3, 0.4) is 0 Å². The fourth-order valence-electron chi connectivity index (χ4n) is 5.29. The van der Waals surface area contributed by atoms with Gasteiger partial charge < -0.3 is 19.5 Å². The molecule has 0 saturated heterocycles. The highest BCUT2D eigenvalue weighted by Crippen LogP contribution is 2.35. The number of aliphatic imine (C=N–C) groups is 1. The minimum absolute atomic E-state index is 0.0660. The number of hydrogen-bond donors (Lipinski definition) is 2. The molecular weight excluding hydrogens is 746 g/mol. The first-order valence-electron chi connectivity index (χ1n) is 16.4. The Bertz CT molecular complexity index is 2280. The van der Waals surface area contributed by atoms with Crippen molar-refractivity contribution < 1.29 is 40.6 Å². The topological polar surface area (TPSA) is 183 Å². The number of nitrogens with one attached hydrogen (secondary N) is 2. The second-order valence-electron chi connectivity index (χ2n) is 12.0. The van der Waals surface area contributed by atoms with Crippen molar-refractivity contribution in [2.45, 2.75) is 45.1 Å². The molecule has 4 aromatic rings. The summed E-state index contributed by atoms with van der Waals surface area (Å²) in [6.45, 7) is 6.99. The van der Waals surface area contributed by atoms with Gasteiger partial charge in [-0.05, 0) is 69.2 Å². The van der Waals surface area contributed by atoms with E-state index in [1.165, 1.54) is 44.4 Å². The first-order chi connectivity index (χ1) is 25.1. The first kappa shape index (κ1) is 39.0. The molecule has 1 aromatic heterocycles. The number of pyridine rings is 1. The summed E-state index contributed by atoms with van der Waals surface area (Å²) >= 11 is 6.29. The fourth-order valence-corrected chi connectivity index (χ4v) is 7.61. The number of benzene rings is 3. The highest BCUT2D eigenvalue weighted by Gasteiger charge is 2.41. The van der Waals surface area contributed by atoms with Crippen LogP contribution in [0, 0.1) is 20.8 Å². The van der Waals surface area contributed by atoms with Gasteiger partial charge in [-0.25, -0.2) is 35.8 Å². The van der Waals surface area contributed by atoms with Gasteiger partial charge in [0.05, 0.1) is 36.4 Å². The number of anilines is 1. The predicted octanol–water partition coefficient (Wildman–Crippen LogP) is 5.34. The summed E-state index contributed by atoms with van der Waals surface area (Å²) in [7, 11) is -6.74. The number of rotatable bonds is 14. The lowest BCUT2D eigenvalue weighted by molar-refractivity contribution is -0.120. The summed E-state index contributed by atoms with van der Waals surface area (Å²) in [5.74, 6) is -1.66. The second-order valence-corrected chi connectivity index (χ2v) is 16.2. The van der Waals surface area contributed by atoms with Gasteiger partial charge in [-0.1, -0.05) is 41.4 Å². The Hall–Kier alpha value is -5.19. The first-order valence-corrected chi connectivity index (χ1v) is 19.8. The Balaban J connectivity index is 1.52. The molecule has 3 aromatic carbocycles. The normalized spacial score (nSPS) is 14.0. The van der Waals surface area contributed by atoms with Crippen LogP contribution in [0.1, 0.15) is 40.4 Å². The van der Waals surface area contributed by atoms with Crippen LogP contribution < -0.4 is 24.2 Å². The van der Waals surface area contributed by atoms with E-state index in [-0.39, 0.29) is 64.6 Å². The molecule has 1 unspecified atom stereocenters. The van der Waals surface area contributed by atoms with Gasteiger partial charge in [0.2, 0.25) is 22.0 Å². The molecular formula is C36H38ClN5O9S2. The van der Waals surface area contributed by atoms with Crippen LogP contribution >= 0.6 is 11.6 Å². The number of halogens is 1. The zero-order chi connectivity index (χ0) is 38.5. The molecule has 0 aliphatic carbocycles. The smallest absolute Gasteiger partial charge is 0.273 e. The van der Waals surface area contributed by atoms with Crippen molar-refractivity contribution in [3.63, 3.8) is 0 Å². The molecule has 280 valence electrons. The molecule has 1 atom stereocenters. The van der Waals surface area contributed by atoms with Crippen molar-refractivity contribution in [3.05, 3.63) is 100 Å². The molecule has 5 rings (SSSR count). The number of aryl methyl sites for hydroxylation is 3. The summed E-state index contributed by atoms with van der Waals surface area (Å²) in [6, 6.07) is 17.4. The average molecular weight is 784 g/mol. The number of sulfonamides is 2. The molecule has 0 bridgehead atoms. The van der Waals surface area contributed by atoms with Crippen LogP contribution in [0.15, 0.2) is 82.8 Å². The summed E-state index contributed by atoms with van der Waals surface area (Å²) in [6.07, 6.45) is -0.478. The molecule has 0 radical (unpaired) electrons. The Morgan fingerprint density at radius 3 is 2.42 bits per heavy atom. The molecule has 1 aliphatic rings. The molecule has 0 spiro atoms. The minimum atomic E-state index is -4.28. The van der Waals surface area contributed by atoms with Crippen molar-refractivity contribution in [2.24, 2.45) is 4.99 Å². The van der Waals surface area contributed by atoms with Crippen LogP contribution in [0.25, 0.3) is 0 Å². The number of hydrogen-bond acceptors (Lipinski definition) is 11. The third kappa shape index (κ3) is 9.07. The molecule has 17 heteroatoms. The lowest BCUT2D eigenvalue weighted by Crippen LogP contribution is -2.52. The van der Waals surface area contributed by atoms with E-state index in [1.54, 1.807) is 25.1 Å². The SMILES string of the molecule is CCS(=O)(=O)NC(=O)c1ccc(OC(C(=O)Nc2cc(C)c(Cl)cc2OC)C2=Nc3ccccc3S(=O)(=O)N2CCCOc2ccc(C)cc2C)nc1. The third-order valence-corrected chi connectivity index (χ3v) is 11.6. The van der Waals surface area contributed by atoms with E-state index >= 15 is 0 Å². The number of amidine groups is 1. The zero-order valence-corrected chi connectivity index (χ0v) is 31.9. The van der Waals surface area contributed by atoms with E-state index < -0.39 is 38.0 Å². The van der Waals surface area contributed by atoms with Crippen molar-refractivity contribution in [2.75, 3.05) is 31.3 Å². The number of carbonyl (C=O) groups excluding carboxylic acids is 2. The highest BCUT2D eigenvalue weighted by atomic mass is 35.5. The van der Waals surface area contributed by atoms with E-state index in [0.29, 0.717) is 16.3 Å².